The molecule has 3 nitrogen and oxygen atoms in total. The fourth-order valence-electron chi connectivity index (χ4n) is 0.902. The number of hydrogen-bond donors (Lipinski definition) is 1. The summed E-state index contributed by atoms with van der Waals surface area (Å²) in [4.78, 5) is -0.123. The summed E-state index contributed by atoms with van der Waals surface area (Å²) in [5, 5.41) is 0. The highest BCUT2D eigenvalue weighted by atomic mass is 32.2. The molecule has 0 heterocycles. The monoisotopic (exact) mass is 185 g/mol. The van der Waals surface area contributed by atoms with E-state index < -0.39 is 10.1 Å². The van der Waals surface area contributed by atoms with Crippen molar-refractivity contribution in [1.82, 2.24) is 0 Å². The fraction of sp³-hybridized carbons (Fsp3) is 0.125. The van der Waals surface area contributed by atoms with Gasteiger partial charge in [-0.25, -0.2) is 0 Å². The van der Waals surface area contributed by atoms with Gasteiger partial charge < -0.3 is 0 Å². The lowest BCUT2D eigenvalue weighted by atomic mass is 10.2. The SMILES string of the molecule is [CH2]c1ccc(C)cc1S(=O)(=O)O. The summed E-state index contributed by atoms with van der Waals surface area (Å²) in [6.07, 6.45) is 0. The molecule has 1 aromatic carbocycles. The van der Waals surface area contributed by atoms with Crippen LogP contribution in [0.4, 0.5) is 0 Å². The molecule has 0 aromatic heterocycles. The van der Waals surface area contributed by atoms with Gasteiger partial charge in [-0.05, 0) is 31.0 Å². The Balaban J connectivity index is 3.43. The van der Waals surface area contributed by atoms with E-state index in [1.54, 1.807) is 19.1 Å². The smallest absolute Gasteiger partial charge is 0.282 e. The lowest BCUT2D eigenvalue weighted by Gasteiger charge is -2.02. The highest BCUT2D eigenvalue weighted by Crippen LogP contribution is 2.15. The maximum atomic E-state index is 10.7. The standard InChI is InChI=1S/C8H9O3S/c1-6-3-4-7(2)8(5-6)12(9,10)11/h3-5H,2H2,1H3,(H,9,10,11). The molecule has 0 aliphatic heterocycles. The van der Waals surface area contributed by atoms with Crippen molar-refractivity contribution < 1.29 is 13.0 Å². The largest absolute Gasteiger partial charge is 0.294 e. The van der Waals surface area contributed by atoms with E-state index in [4.69, 9.17) is 4.55 Å². The number of rotatable bonds is 1. The summed E-state index contributed by atoms with van der Waals surface area (Å²) in [6, 6.07) is 4.67. The summed E-state index contributed by atoms with van der Waals surface area (Å²) in [5.41, 5.74) is 1.08. The van der Waals surface area contributed by atoms with E-state index in [0.717, 1.165) is 5.56 Å². The van der Waals surface area contributed by atoms with Crippen molar-refractivity contribution in [3.05, 3.63) is 36.2 Å². The van der Waals surface area contributed by atoms with Crippen LogP contribution >= 0.6 is 0 Å². The Labute approximate surface area is 71.8 Å². The Hall–Kier alpha value is -0.870. The molecule has 0 unspecified atom stereocenters. The second-order valence-corrected chi connectivity index (χ2v) is 3.98. The van der Waals surface area contributed by atoms with Gasteiger partial charge in [0.25, 0.3) is 10.1 Å². The van der Waals surface area contributed by atoms with Crippen LogP contribution in [0.2, 0.25) is 0 Å². The molecule has 1 rings (SSSR count). The van der Waals surface area contributed by atoms with Crippen LogP contribution in [0.25, 0.3) is 0 Å². The molecule has 0 atom stereocenters. The lowest BCUT2D eigenvalue weighted by Crippen LogP contribution is -2.00. The van der Waals surface area contributed by atoms with Crippen molar-refractivity contribution in [3.8, 4) is 0 Å². The number of benzene rings is 1. The molecule has 0 fully saturated rings. The average molecular weight is 185 g/mol. The van der Waals surface area contributed by atoms with Crippen LogP contribution in [0.1, 0.15) is 11.1 Å². The summed E-state index contributed by atoms with van der Waals surface area (Å²) in [5.74, 6) is 0. The molecule has 1 N–H and O–H groups in total. The summed E-state index contributed by atoms with van der Waals surface area (Å²) in [7, 11) is -4.12. The van der Waals surface area contributed by atoms with Crippen molar-refractivity contribution in [3.63, 3.8) is 0 Å². The number of aryl methyl sites for hydroxylation is 1. The predicted molar refractivity (Wildman–Crippen MR) is 45.5 cm³/mol. The second-order valence-electron chi connectivity index (χ2n) is 2.59. The first-order valence-electron chi connectivity index (χ1n) is 3.31. The van der Waals surface area contributed by atoms with Crippen LogP contribution in [-0.4, -0.2) is 13.0 Å². The fourth-order valence-corrected chi connectivity index (χ4v) is 1.64. The van der Waals surface area contributed by atoms with E-state index in [1.165, 1.54) is 6.07 Å². The minimum Gasteiger partial charge on any atom is -0.282 e. The van der Waals surface area contributed by atoms with Crippen molar-refractivity contribution in [2.75, 3.05) is 0 Å². The molecule has 0 spiro atoms. The molecule has 12 heavy (non-hydrogen) atoms. The highest BCUT2D eigenvalue weighted by molar-refractivity contribution is 7.85. The van der Waals surface area contributed by atoms with Crippen LogP contribution in [0.15, 0.2) is 23.1 Å². The molecule has 0 saturated heterocycles. The van der Waals surface area contributed by atoms with E-state index >= 15 is 0 Å². The Morgan fingerprint density at radius 1 is 1.42 bits per heavy atom. The van der Waals surface area contributed by atoms with Gasteiger partial charge in [0.2, 0.25) is 0 Å². The summed E-state index contributed by atoms with van der Waals surface area (Å²) >= 11 is 0. The zero-order valence-electron chi connectivity index (χ0n) is 6.61. The number of hydrogen-bond acceptors (Lipinski definition) is 2. The van der Waals surface area contributed by atoms with Gasteiger partial charge in [0.1, 0.15) is 0 Å². The molecule has 0 aliphatic rings. The average Bonchev–Trinajstić information content (AvgIpc) is 1.92. The first-order valence-corrected chi connectivity index (χ1v) is 4.75. The summed E-state index contributed by atoms with van der Waals surface area (Å²) in [6.45, 7) is 5.23. The molecule has 1 radical (unpaired) electrons. The van der Waals surface area contributed by atoms with Gasteiger partial charge in [0, 0.05) is 0 Å². The molecule has 0 bridgehead atoms. The van der Waals surface area contributed by atoms with E-state index in [2.05, 4.69) is 6.92 Å². The third-order valence-corrected chi connectivity index (χ3v) is 2.44. The van der Waals surface area contributed by atoms with E-state index in [0.29, 0.717) is 5.56 Å². The van der Waals surface area contributed by atoms with Crippen LogP contribution in [-0.2, 0) is 10.1 Å². The molecule has 0 amide bonds. The van der Waals surface area contributed by atoms with Crippen LogP contribution in [0.3, 0.4) is 0 Å². The Morgan fingerprint density at radius 3 is 2.42 bits per heavy atom. The van der Waals surface area contributed by atoms with Crippen LogP contribution in [0, 0.1) is 13.8 Å². The Bertz CT molecular complexity index is 393. The predicted octanol–water partition coefficient (Wildman–Crippen LogP) is 1.42. The van der Waals surface area contributed by atoms with Crippen molar-refractivity contribution in [2.24, 2.45) is 0 Å². The molecular weight excluding hydrogens is 176 g/mol. The van der Waals surface area contributed by atoms with Crippen LogP contribution in [0.5, 0.6) is 0 Å². The maximum Gasteiger partial charge on any atom is 0.294 e. The zero-order chi connectivity index (χ0) is 9.35. The van der Waals surface area contributed by atoms with Gasteiger partial charge in [0.15, 0.2) is 0 Å². The van der Waals surface area contributed by atoms with E-state index in [9.17, 15) is 8.42 Å². The van der Waals surface area contributed by atoms with Gasteiger partial charge in [-0.3, -0.25) is 4.55 Å². The van der Waals surface area contributed by atoms with Crippen LogP contribution < -0.4 is 0 Å². The third kappa shape index (κ3) is 1.84. The van der Waals surface area contributed by atoms with Gasteiger partial charge in [0.05, 0.1) is 4.90 Å². The third-order valence-electron chi connectivity index (χ3n) is 1.50. The normalized spacial score (nSPS) is 11.6. The van der Waals surface area contributed by atoms with E-state index in [1.807, 2.05) is 0 Å². The highest BCUT2D eigenvalue weighted by Gasteiger charge is 2.12. The zero-order valence-corrected chi connectivity index (χ0v) is 7.43. The van der Waals surface area contributed by atoms with E-state index in [-0.39, 0.29) is 4.90 Å². The quantitative estimate of drug-likeness (QED) is 0.673. The molecule has 65 valence electrons. The van der Waals surface area contributed by atoms with Gasteiger partial charge >= 0.3 is 0 Å². The first-order chi connectivity index (χ1) is 5.41. The second kappa shape index (κ2) is 2.88. The minimum absolute atomic E-state index is 0.123. The van der Waals surface area contributed by atoms with Crippen molar-refractivity contribution >= 4 is 10.1 Å². The van der Waals surface area contributed by atoms with Gasteiger partial charge in [-0.2, -0.15) is 8.42 Å². The van der Waals surface area contributed by atoms with Crippen molar-refractivity contribution in [1.29, 1.82) is 0 Å². The summed E-state index contributed by atoms with van der Waals surface area (Å²) < 4.78 is 30.2. The molecular formula is C8H9O3S. The van der Waals surface area contributed by atoms with Crippen molar-refractivity contribution in [2.45, 2.75) is 11.8 Å². The molecule has 4 heteroatoms. The molecule has 1 aromatic rings. The molecule has 0 aliphatic carbocycles. The lowest BCUT2D eigenvalue weighted by molar-refractivity contribution is 0.483. The molecule has 0 saturated carbocycles. The minimum atomic E-state index is -4.12. The van der Waals surface area contributed by atoms with Gasteiger partial charge in [-0.15, -0.1) is 0 Å². The first kappa shape index (κ1) is 9.22. The Morgan fingerprint density at radius 2 is 2.00 bits per heavy atom. The maximum absolute atomic E-state index is 10.7. The topological polar surface area (TPSA) is 54.4 Å². The van der Waals surface area contributed by atoms with Gasteiger partial charge in [-0.1, -0.05) is 12.1 Å². The Kier molecular flexibility index (Phi) is 2.21.